The summed E-state index contributed by atoms with van der Waals surface area (Å²) >= 11 is 0. The molecule has 21 heavy (non-hydrogen) atoms. The van der Waals surface area contributed by atoms with Crippen molar-refractivity contribution in [3.8, 4) is 0 Å². The van der Waals surface area contributed by atoms with Gasteiger partial charge in [0.15, 0.2) is 0 Å². The van der Waals surface area contributed by atoms with Crippen LogP contribution in [0, 0.1) is 11.6 Å². The van der Waals surface area contributed by atoms with Crippen LogP contribution in [0.25, 0.3) is 0 Å². The smallest absolute Gasteiger partial charge is 0.240 e. The second-order valence-corrected chi connectivity index (χ2v) is 6.11. The van der Waals surface area contributed by atoms with Gasteiger partial charge in [0.05, 0.1) is 4.90 Å². The molecule has 0 saturated carbocycles. The Bertz CT molecular complexity index is 734. The highest BCUT2D eigenvalue weighted by atomic mass is 32.2. The quantitative estimate of drug-likeness (QED) is 0.886. The molecule has 2 rings (SSSR count). The first kappa shape index (κ1) is 15.6. The molecule has 0 aliphatic carbocycles. The van der Waals surface area contributed by atoms with Crippen LogP contribution in [0.2, 0.25) is 0 Å². The van der Waals surface area contributed by atoms with Gasteiger partial charge in [-0.3, -0.25) is 0 Å². The number of nitrogens with two attached hydrogens (primary N) is 1. The maximum atomic E-state index is 14.0. The number of benzene rings is 2. The number of rotatable bonds is 5. The monoisotopic (exact) mass is 312 g/mol. The second-order valence-electron chi connectivity index (χ2n) is 4.34. The molecule has 0 amide bonds. The van der Waals surface area contributed by atoms with Crippen molar-refractivity contribution in [3.05, 3.63) is 65.2 Å². The van der Waals surface area contributed by atoms with Gasteiger partial charge in [0.2, 0.25) is 10.0 Å². The molecule has 0 aliphatic rings. The zero-order valence-corrected chi connectivity index (χ0v) is 11.8. The van der Waals surface area contributed by atoms with Crippen LogP contribution in [0.4, 0.5) is 8.78 Å². The number of sulfonamides is 1. The molecule has 0 radical (unpaired) electrons. The van der Waals surface area contributed by atoms with Crippen molar-refractivity contribution in [3.63, 3.8) is 0 Å². The lowest BCUT2D eigenvalue weighted by molar-refractivity contribution is 0.536. The van der Waals surface area contributed by atoms with Crippen LogP contribution in [0.1, 0.15) is 11.1 Å². The van der Waals surface area contributed by atoms with Crippen LogP contribution in [-0.4, -0.2) is 8.42 Å². The minimum absolute atomic E-state index is 0.0285. The summed E-state index contributed by atoms with van der Waals surface area (Å²) in [6, 6.07) is 9.88. The van der Waals surface area contributed by atoms with E-state index in [1.165, 1.54) is 18.2 Å². The van der Waals surface area contributed by atoms with Gasteiger partial charge in [-0.2, -0.15) is 0 Å². The Labute approximate surface area is 121 Å². The molecule has 3 N–H and O–H groups in total. The van der Waals surface area contributed by atoms with Gasteiger partial charge in [0, 0.05) is 24.2 Å². The van der Waals surface area contributed by atoms with Crippen molar-refractivity contribution in [2.45, 2.75) is 18.0 Å². The molecule has 112 valence electrons. The third kappa shape index (κ3) is 3.44. The normalized spacial score (nSPS) is 11.6. The van der Waals surface area contributed by atoms with Crippen LogP contribution in [0.3, 0.4) is 0 Å². The van der Waals surface area contributed by atoms with E-state index in [0.717, 1.165) is 6.07 Å². The van der Waals surface area contributed by atoms with Crippen LogP contribution < -0.4 is 10.5 Å². The topological polar surface area (TPSA) is 72.2 Å². The molecule has 0 saturated heterocycles. The number of nitrogens with one attached hydrogen (secondary N) is 1. The van der Waals surface area contributed by atoms with E-state index < -0.39 is 28.2 Å². The van der Waals surface area contributed by atoms with Gasteiger partial charge in [0.1, 0.15) is 11.6 Å². The first-order chi connectivity index (χ1) is 9.95. The van der Waals surface area contributed by atoms with Gasteiger partial charge >= 0.3 is 0 Å². The van der Waals surface area contributed by atoms with Gasteiger partial charge in [-0.1, -0.05) is 24.3 Å². The standard InChI is InChI=1S/C14H14F2N2O2S/c15-13-7-6-10(8-17)14(16)12(13)9-18-21(19,20)11-4-2-1-3-5-11/h1-7,18H,8-9,17H2. The van der Waals surface area contributed by atoms with Crippen LogP contribution in [0.15, 0.2) is 47.4 Å². The Morgan fingerprint density at radius 3 is 2.33 bits per heavy atom. The molecule has 0 bridgehead atoms. The second kappa shape index (κ2) is 6.30. The van der Waals surface area contributed by atoms with E-state index in [9.17, 15) is 17.2 Å². The summed E-state index contributed by atoms with van der Waals surface area (Å²) in [6.45, 7) is -0.576. The fraction of sp³-hybridized carbons (Fsp3) is 0.143. The van der Waals surface area contributed by atoms with Crippen molar-refractivity contribution >= 4 is 10.0 Å². The predicted octanol–water partition coefficient (Wildman–Crippen LogP) is 1.90. The predicted molar refractivity (Wildman–Crippen MR) is 74.7 cm³/mol. The van der Waals surface area contributed by atoms with Crippen molar-refractivity contribution in [1.82, 2.24) is 4.72 Å². The molecule has 0 spiro atoms. The van der Waals surface area contributed by atoms with Crippen LogP contribution in [0.5, 0.6) is 0 Å². The molecule has 0 unspecified atom stereocenters. The van der Waals surface area contributed by atoms with Crippen LogP contribution >= 0.6 is 0 Å². The summed E-state index contributed by atoms with van der Waals surface area (Å²) in [5, 5.41) is 0. The average Bonchev–Trinajstić information content (AvgIpc) is 2.48. The van der Waals surface area contributed by atoms with E-state index in [0.29, 0.717) is 0 Å². The van der Waals surface area contributed by atoms with Crippen molar-refractivity contribution in [1.29, 1.82) is 0 Å². The largest absolute Gasteiger partial charge is 0.326 e. The fourth-order valence-electron chi connectivity index (χ4n) is 1.82. The molecule has 2 aromatic carbocycles. The lowest BCUT2D eigenvalue weighted by atomic mass is 10.1. The van der Waals surface area contributed by atoms with E-state index in [4.69, 9.17) is 5.73 Å². The zero-order chi connectivity index (χ0) is 15.5. The van der Waals surface area contributed by atoms with E-state index >= 15 is 0 Å². The highest BCUT2D eigenvalue weighted by molar-refractivity contribution is 7.89. The maximum Gasteiger partial charge on any atom is 0.240 e. The number of halogens is 2. The molecule has 4 nitrogen and oxygen atoms in total. The Kier molecular flexibility index (Phi) is 4.66. The summed E-state index contributed by atoms with van der Waals surface area (Å²) in [5.41, 5.74) is 5.12. The highest BCUT2D eigenvalue weighted by Crippen LogP contribution is 2.17. The lowest BCUT2D eigenvalue weighted by Crippen LogP contribution is -2.24. The summed E-state index contributed by atoms with van der Waals surface area (Å²) in [5.74, 6) is -1.64. The van der Waals surface area contributed by atoms with Gasteiger partial charge in [-0.05, 0) is 18.2 Å². The van der Waals surface area contributed by atoms with E-state index in [1.807, 2.05) is 0 Å². The third-order valence-corrected chi connectivity index (χ3v) is 4.40. The molecular weight excluding hydrogens is 298 g/mol. The first-order valence-electron chi connectivity index (χ1n) is 6.16. The summed E-state index contributed by atoms with van der Waals surface area (Å²) in [6.07, 6.45) is 0. The molecule has 2 aromatic rings. The van der Waals surface area contributed by atoms with Crippen molar-refractivity contribution < 1.29 is 17.2 Å². The van der Waals surface area contributed by atoms with Gasteiger partial charge in [-0.25, -0.2) is 21.9 Å². The van der Waals surface area contributed by atoms with Crippen molar-refractivity contribution in [2.24, 2.45) is 5.73 Å². The van der Waals surface area contributed by atoms with E-state index in [-0.39, 0.29) is 22.6 Å². The first-order valence-corrected chi connectivity index (χ1v) is 7.64. The van der Waals surface area contributed by atoms with Gasteiger partial charge in [-0.15, -0.1) is 0 Å². The molecule has 0 aliphatic heterocycles. The molecule has 0 heterocycles. The summed E-state index contributed by atoms with van der Waals surface area (Å²) in [4.78, 5) is 0.0285. The summed E-state index contributed by atoms with van der Waals surface area (Å²) in [7, 11) is -3.83. The minimum atomic E-state index is -3.83. The Hall–Kier alpha value is -1.83. The Balaban J connectivity index is 2.25. The molecule has 0 atom stereocenters. The summed E-state index contributed by atoms with van der Waals surface area (Å²) < 4.78 is 53.8. The average molecular weight is 312 g/mol. The van der Waals surface area contributed by atoms with Gasteiger partial charge < -0.3 is 5.73 Å². The SMILES string of the molecule is NCc1ccc(F)c(CNS(=O)(=O)c2ccccc2)c1F. The molecule has 0 fully saturated rings. The minimum Gasteiger partial charge on any atom is -0.326 e. The highest BCUT2D eigenvalue weighted by Gasteiger charge is 2.17. The Morgan fingerprint density at radius 2 is 1.71 bits per heavy atom. The lowest BCUT2D eigenvalue weighted by Gasteiger charge is -2.10. The molecule has 7 heteroatoms. The zero-order valence-electron chi connectivity index (χ0n) is 11.0. The Morgan fingerprint density at radius 1 is 1.05 bits per heavy atom. The molecular formula is C14H14F2N2O2S. The van der Waals surface area contributed by atoms with E-state index in [1.54, 1.807) is 18.2 Å². The fourth-order valence-corrected chi connectivity index (χ4v) is 2.83. The maximum absolute atomic E-state index is 14.0. The van der Waals surface area contributed by atoms with Gasteiger partial charge in [0.25, 0.3) is 0 Å². The molecule has 0 aromatic heterocycles. The van der Waals surface area contributed by atoms with Crippen LogP contribution in [-0.2, 0) is 23.1 Å². The van der Waals surface area contributed by atoms with E-state index in [2.05, 4.69) is 4.72 Å². The number of hydrogen-bond acceptors (Lipinski definition) is 3. The van der Waals surface area contributed by atoms with Crippen molar-refractivity contribution in [2.75, 3.05) is 0 Å². The number of hydrogen-bond donors (Lipinski definition) is 2. The third-order valence-electron chi connectivity index (χ3n) is 2.98.